The molecule has 1 aromatic heterocycles. The number of nitrogens with zero attached hydrogens (tertiary/aromatic N) is 3. The van der Waals surface area contributed by atoms with E-state index in [1.54, 1.807) is 18.9 Å². The predicted molar refractivity (Wildman–Crippen MR) is 77.3 cm³/mol. The minimum absolute atomic E-state index is 0.263. The number of aromatic nitrogens is 3. The van der Waals surface area contributed by atoms with Gasteiger partial charge in [0.15, 0.2) is 0 Å². The molecule has 1 unspecified atom stereocenters. The second-order valence-corrected chi connectivity index (χ2v) is 4.88. The standard InChI is InChI=1S/C15H18N4O/c1-2-7-20-15(6-1)9-17-14-5-3-4-13(8-14)10-19-12-16-11-18-19/h2-5,7-8,11-12,15,17H,1,6,9-10H2. The second kappa shape index (κ2) is 6.23. The summed E-state index contributed by atoms with van der Waals surface area (Å²) in [5.41, 5.74) is 2.31. The lowest BCUT2D eigenvalue weighted by Gasteiger charge is -2.20. The normalized spacial score (nSPS) is 17.7. The van der Waals surface area contributed by atoms with Crippen LogP contribution >= 0.6 is 0 Å². The second-order valence-electron chi connectivity index (χ2n) is 4.88. The molecule has 5 heteroatoms. The van der Waals surface area contributed by atoms with Crippen LogP contribution < -0.4 is 5.32 Å². The van der Waals surface area contributed by atoms with Gasteiger partial charge in [-0.05, 0) is 36.6 Å². The van der Waals surface area contributed by atoms with Crippen molar-refractivity contribution in [2.75, 3.05) is 11.9 Å². The first kappa shape index (κ1) is 12.7. The molecule has 0 saturated heterocycles. The highest BCUT2D eigenvalue weighted by Gasteiger charge is 2.10. The Balaban J connectivity index is 1.58. The van der Waals surface area contributed by atoms with Gasteiger partial charge in [-0.1, -0.05) is 12.1 Å². The minimum Gasteiger partial charge on any atom is -0.497 e. The fourth-order valence-electron chi connectivity index (χ4n) is 2.25. The molecule has 0 aliphatic carbocycles. The molecular formula is C15H18N4O. The molecule has 0 bridgehead atoms. The third kappa shape index (κ3) is 3.38. The van der Waals surface area contributed by atoms with E-state index in [4.69, 9.17) is 4.74 Å². The topological polar surface area (TPSA) is 52.0 Å². The summed E-state index contributed by atoms with van der Waals surface area (Å²) < 4.78 is 7.36. The summed E-state index contributed by atoms with van der Waals surface area (Å²) in [6.45, 7) is 1.56. The van der Waals surface area contributed by atoms with E-state index < -0.39 is 0 Å². The third-order valence-corrected chi connectivity index (χ3v) is 3.29. The number of rotatable bonds is 5. The zero-order chi connectivity index (χ0) is 13.6. The monoisotopic (exact) mass is 270 g/mol. The maximum Gasteiger partial charge on any atom is 0.137 e. The molecule has 2 heterocycles. The van der Waals surface area contributed by atoms with Crippen molar-refractivity contribution in [3.05, 3.63) is 54.8 Å². The molecule has 1 atom stereocenters. The van der Waals surface area contributed by atoms with Gasteiger partial charge < -0.3 is 10.1 Å². The molecule has 1 aliphatic heterocycles. The largest absolute Gasteiger partial charge is 0.497 e. The first-order chi connectivity index (χ1) is 9.90. The van der Waals surface area contributed by atoms with Crippen LogP contribution in [0.1, 0.15) is 18.4 Å². The Labute approximate surface area is 118 Å². The van der Waals surface area contributed by atoms with Gasteiger partial charge in [-0.15, -0.1) is 0 Å². The summed E-state index contributed by atoms with van der Waals surface area (Å²) in [5.74, 6) is 0. The van der Waals surface area contributed by atoms with E-state index in [1.165, 1.54) is 5.56 Å². The van der Waals surface area contributed by atoms with Gasteiger partial charge in [0.25, 0.3) is 0 Å². The summed E-state index contributed by atoms with van der Waals surface area (Å²) >= 11 is 0. The van der Waals surface area contributed by atoms with E-state index in [0.717, 1.165) is 31.6 Å². The maximum atomic E-state index is 5.55. The van der Waals surface area contributed by atoms with Gasteiger partial charge in [0.05, 0.1) is 19.4 Å². The van der Waals surface area contributed by atoms with Gasteiger partial charge >= 0.3 is 0 Å². The lowest BCUT2D eigenvalue weighted by Crippen LogP contribution is -2.23. The summed E-state index contributed by atoms with van der Waals surface area (Å²) in [5, 5.41) is 7.55. The van der Waals surface area contributed by atoms with Crippen LogP contribution in [0.5, 0.6) is 0 Å². The molecule has 0 fully saturated rings. The molecular weight excluding hydrogens is 252 g/mol. The summed E-state index contributed by atoms with van der Waals surface area (Å²) in [6, 6.07) is 8.35. The van der Waals surface area contributed by atoms with Crippen LogP contribution in [0.15, 0.2) is 49.3 Å². The number of anilines is 1. The zero-order valence-electron chi connectivity index (χ0n) is 11.3. The van der Waals surface area contributed by atoms with E-state index >= 15 is 0 Å². The molecule has 104 valence electrons. The van der Waals surface area contributed by atoms with Crippen LogP contribution in [0.2, 0.25) is 0 Å². The zero-order valence-corrected chi connectivity index (χ0v) is 11.3. The van der Waals surface area contributed by atoms with Crippen molar-refractivity contribution >= 4 is 5.69 Å². The van der Waals surface area contributed by atoms with Gasteiger partial charge in [-0.2, -0.15) is 5.10 Å². The van der Waals surface area contributed by atoms with Crippen molar-refractivity contribution < 1.29 is 4.74 Å². The third-order valence-electron chi connectivity index (χ3n) is 3.29. The molecule has 1 aromatic carbocycles. The highest BCUT2D eigenvalue weighted by Crippen LogP contribution is 2.14. The number of nitrogens with one attached hydrogen (secondary N) is 1. The first-order valence-corrected chi connectivity index (χ1v) is 6.86. The van der Waals surface area contributed by atoms with Crippen molar-refractivity contribution in [1.29, 1.82) is 0 Å². The van der Waals surface area contributed by atoms with Gasteiger partial charge in [-0.3, -0.25) is 0 Å². The molecule has 0 saturated carbocycles. The number of hydrogen-bond acceptors (Lipinski definition) is 4. The number of benzene rings is 1. The summed E-state index contributed by atoms with van der Waals surface area (Å²) in [6.07, 6.45) is 9.57. The van der Waals surface area contributed by atoms with Crippen LogP contribution in [0, 0.1) is 0 Å². The van der Waals surface area contributed by atoms with Gasteiger partial charge in [0.1, 0.15) is 18.8 Å². The van der Waals surface area contributed by atoms with Crippen molar-refractivity contribution in [2.24, 2.45) is 0 Å². The quantitative estimate of drug-likeness (QED) is 0.906. The average Bonchev–Trinajstić information content (AvgIpc) is 3.00. The fourth-order valence-corrected chi connectivity index (χ4v) is 2.25. The van der Waals surface area contributed by atoms with E-state index in [9.17, 15) is 0 Å². The highest BCUT2D eigenvalue weighted by molar-refractivity contribution is 5.45. The average molecular weight is 270 g/mol. The summed E-state index contributed by atoms with van der Waals surface area (Å²) in [4.78, 5) is 3.95. The van der Waals surface area contributed by atoms with Gasteiger partial charge in [0.2, 0.25) is 0 Å². The molecule has 1 aliphatic rings. The van der Waals surface area contributed by atoms with Crippen LogP contribution in [0.4, 0.5) is 5.69 Å². The lowest BCUT2D eigenvalue weighted by molar-refractivity contribution is 0.135. The van der Waals surface area contributed by atoms with E-state index in [2.05, 4.69) is 45.7 Å². The van der Waals surface area contributed by atoms with Crippen LogP contribution in [0.25, 0.3) is 0 Å². The number of allylic oxidation sites excluding steroid dienone is 1. The van der Waals surface area contributed by atoms with Crippen LogP contribution in [-0.2, 0) is 11.3 Å². The van der Waals surface area contributed by atoms with Gasteiger partial charge in [-0.25, -0.2) is 9.67 Å². The SMILES string of the molecule is C1=COC(CNc2cccc(Cn3cncn3)c2)CC1. The predicted octanol–water partition coefficient (Wildman–Crippen LogP) is 2.43. The lowest BCUT2D eigenvalue weighted by atomic mass is 10.1. The Bertz CT molecular complexity index is 565. The van der Waals surface area contributed by atoms with Crippen LogP contribution in [0.3, 0.4) is 0 Å². The molecule has 3 rings (SSSR count). The minimum atomic E-state index is 0.263. The Kier molecular flexibility index (Phi) is 3.96. The van der Waals surface area contributed by atoms with E-state index in [-0.39, 0.29) is 6.10 Å². The molecule has 5 nitrogen and oxygen atoms in total. The van der Waals surface area contributed by atoms with Gasteiger partial charge in [0, 0.05) is 5.69 Å². The Morgan fingerprint density at radius 3 is 3.20 bits per heavy atom. The molecule has 0 spiro atoms. The first-order valence-electron chi connectivity index (χ1n) is 6.86. The molecule has 0 radical (unpaired) electrons. The number of hydrogen-bond donors (Lipinski definition) is 1. The molecule has 1 N–H and O–H groups in total. The summed E-state index contributed by atoms with van der Waals surface area (Å²) in [7, 11) is 0. The van der Waals surface area contributed by atoms with Crippen LogP contribution in [-0.4, -0.2) is 27.4 Å². The van der Waals surface area contributed by atoms with Crippen molar-refractivity contribution in [3.8, 4) is 0 Å². The Morgan fingerprint density at radius 1 is 1.40 bits per heavy atom. The smallest absolute Gasteiger partial charge is 0.137 e. The molecule has 2 aromatic rings. The van der Waals surface area contributed by atoms with Crippen molar-refractivity contribution in [2.45, 2.75) is 25.5 Å². The van der Waals surface area contributed by atoms with E-state index in [1.807, 2.05) is 4.68 Å². The molecule has 0 amide bonds. The fraction of sp³-hybridized carbons (Fsp3) is 0.333. The number of ether oxygens (including phenoxy) is 1. The van der Waals surface area contributed by atoms with E-state index in [0.29, 0.717) is 0 Å². The Hall–Kier alpha value is -2.30. The Morgan fingerprint density at radius 2 is 2.40 bits per heavy atom. The van der Waals surface area contributed by atoms with Crippen molar-refractivity contribution in [3.63, 3.8) is 0 Å². The highest BCUT2D eigenvalue weighted by atomic mass is 16.5. The van der Waals surface area contributed by atoms with Crippen molar-refractivity contribution in [1.82, 2.24) is 14.8 Å². The molecule has 20 heavy (non-hydrogen) atoms. The maximum absolute atomic E-state index is 5.55.